The first kappa shape index (κ1) is 23.7. The van der Waals surface area contributed by atoms with Gasteiger partial charge in [0.15, 0.2) is 0 Å². The minimum absolute atomic E-state index is 0.0879. The molecule has 2 amide bonds. The topological polar surface area (TPSA) is 105 Å². The number of ether oxygens (including phenoxy) is 1. The zero-order valence-electron chi connectivity index (χ0n) is 18.1. The van der Waals surface area contributed by atoms with E-state index in [9.17, 15) is 19.5 Å². The summed E-state index contributed by atoms with van der Waals surface area (Å²) in [7, 11) is 0. The number of rotatable bonds is 8. The second-order valence-electron chi connectivity index (χ2n) is 9.14. The number of aliphatic carboxylic acids is 1. The lowest BCUT2D eigenvalue weighted by molar-refractivity contribution is -0.143. The molecule has 7 heteroatoms. The van der Waals surface area contributed by atoms with Crippen molar-refractivity contribution >= 4 is 18.0 Å². The molecule has 0 bridgehead atoms. The number of alkyl carbamates (subject to hydrolysis) is 1. The molecule has 0 unspecified atom stereocenters. The van der Waals surface area contributed by atoms with E-state index in [1.165, 1.54) is 6.42 Å². The third kappa shape index (κ3) is 7.69. The number of hydrogen-bond acceptors (Lipinski definition) is 4. The lowest BCUT2D eigenvalue weighted by Gasteiger charge is -2.32. The molecule has 1 aliphatic carbocycles. The van der Waals surface area contributed by atoms with Crippen LogP contribution in [0.4, 0.5) is 4.79 Å². The monoisotopic (exact) mass is 418 g/mol. The quantitative estimate of drug-likeness (QED) is 0.594. The van der Waals surface area contributed by atoms with Gasteiger partial charge in [0.25, 0.3) is 0 Å². The number of benzene rings is 1. The predicted octanol–water partition coefficient (Wildman–Crippen LogP) is 3.87. The van der Waals surface area contributed by atoms with E-state index in [-0.39, 0.29) is 6.61 Å². The third-order valence-corrected chi connectivity index (χ3v) is 5.51. The molecule has 30 heavy (non-hydrogen) atoms. The Balaban J connectivity index is 1.97. The van der Waals surface area contributed by atoms with E-state index in [1.807, 2.05) is 51.1 Å². The minimum atomic E-state index is -1.05. The van der Waals surface area contributed by atoms with Crippen LogP contribution in [0.3, 0.4) is 0 Å². The molecule has 0 heterocycles. The number of carbonyl (C=O) groups excluding carboxylic acids is 2. The number of nitrogens with one attached hydrogen (secondary N) is 2. The molecule has 1 aliphatic rings. The summed E-state index contributed by atoms with van der Waals surface area (Å²) in [4.78, 5) is 36.9. The molecule has 2 atom stereocenters. The van der Waals surface area contributed by atoms with Crippen LogP contribution in [0.5, 0.6) is 0 Å². The van der Waals surface area contributed by atoms with Gasteiger partial charge in [-0.2, -0.15) is 0 Å². The van der Waals surface area contributed by atoms with Crippen LogP contribution in [0, 0.1) is 11.3 Å². The van der Waals surface area contributed by atoms with Crippen LogP contribution >= 0.6 is 0 Å². The molecule has 166 valence electrons. The fourth-order valence-electron chi connectivity index (χ4n) is 3.79. The van der Waals surface area contributed by atoms with Crippen molar-refractivity contribution in [2.24, 2.45) is 11.3 Å². The van der Waals surface area contributed by atoms with E-state index in [4.69, 9.17) is 4.74 Å². The number of carboxylic acids is 1. The van der Waals surface area contributed by atoms with Crippen LogP contribution in [-0.2, 0) is 20.9 Å². The van der Waals surface area contributed by atoms with E-state index < -0.39 is 35.5 Å². The Morgan fingerprint density at radius 1 is 1.07 bits per heavy atom. The maximum Gasteiger partial charge on any atom is 0.408 e. The van der Waals surface area contributed by atoms with Crippen LogP contribution < -0.4 is 10.6 Å². The molecule has 1 fully saturated rings. The molecule has 2 rings (SSSR count). The lowest BCUT2D eigenvalue weighted by Crippen LogP contribution is -2.56. The molecule has 7 nitrogen and oxygen atoms in total. The molecular formula is C23H34N2O5. The summed E-state index contributed by atoms with van der Waals surface area (Å²) < 4.78 is 5.23. The zero-order valence-corrected chi connectivity index (χ0v) is 18.1. The molecule has 0 radical (unpaired) electrons. The van der Waals surface area contributed by atoms with Crippen molar-refractivity contribution in [2.75, 3.05) is 0 Å². The summed E-state index contributed by atoms with van der Waals surface area (Å²) in [5.41, 5.74) is 0.215. The molecule has 1 saturated carbocycles. The first-order chi connectivity index (χ1) is 14.2. The van der Waals surface area contributed by atoms with Gasteiger partial charge < -0.3 is 20.5 Å². The van der Waals surface area contributed by atoms with E-state index in [0.29, 0.717) is 12.3 Å². The highest BCUT2D eigenvalue weighted by molar-refractivity contribution is 5.89. The molecule has 3 N–H and O–H groups in total. The maximum absolute atomic E-state index is 12.9. The first-order valence-corrected chi connectivity index (χ1v) is 10.7. The van der Waals surface area contributed by atoms with E-state index >= 15 is 0 Å². The molecule has 0 spiro atoms. The Morgan fingerprint density at radius 2 is 1.70 bits per heavy atom. The van der Waals surface area contributed by atoms with Crippen LogP contribution in [0.25, 0.3) is 0 Å². The van der Waals surface area contributed by atoms with Crippen molar-refractivity contribution < 1.29 is 24.2 Å². The minimum Gasteiger partial charge on any atom is -0.480 e. The van der Waals surface area contributed by atoms with Crippen molar-refractivity contribution in [1.29, 1.82) is 0 Å². The second kappa shape index (κ2) is 11.0. The van der Waals surface area contributed by atoms with Crippen molar-refractivity contribution in [1.82, 2.24) is 10.6 Å². The molecule has 0 aliphatic heterocycles. The van der Waals surface area contributed by atoms with Crippen molar-refractivity contribution in [3.63, 3.8) is 0 Å². The Hall–Kier alpha value is -2.57. The zero-order chi connectivity index (χ0) is 22.1. The van der Waals surface area contributed by atoms with Crippen molar-refractivity contribution in [2.45, 2.75) is 78.0 Å². The van der Waals surface area contributed by atoms with Crippen LogP contribution in [-0.4, -0.2) is 35.2 Å². The summed E-state index contributed by atoms with van der Waals surface area (Å²) >= 11 is 0. The molecule has 0 saturated heterocycles. The van der Waals surface area contributed by atoms with Crippen LogP contribution in [0.2, 0.25) is 0 Å². The molecule has 0 aromatic heterocycles. The number of amides is 2. The molecular weight excluding hydrogens is 384 g/mol. The number of carboxylic acid groups (broad SMARTS) is 1. The first-order valence-electron chi connectivity index (χ1n) is 10.7. The summed E-state index contributed by atoms with van der Waals surface area (Å²) in [5.74, 6) is -1.26. The Bertz CT molecular complexity index is 708. The Labute approximate surface area is 178 Å². The van der Waals surface area contributed by atoms with Gasteiger partial charge in [-0.05, 0) is 23.3 Å². The van der Waals surface area contributed by atoms with Gasteiger partial charge >= 0.3 is 12.1 Å². The average Bonchev–Trinajstić information content (AvgIpc) is 2.70. The largest absolute Gasteiger partial charge is 0.480 e. The summed E-state index contributed by atoms with van der Waals surface area (Å²) in [6.45, 7) is 5.52. The smallest absolute Gasteiger partial charge is 0.408 e. The summed E-state index contributed by atoms with van der Waals surface area (Å²) in [5, 5.41) is 14.9. The summed E-state index contributed by atoms with van der Waals surface area (Å²) in [6.07, 6.45) is 5.07. The molecule has 1 aromatic carbocycles. The fourth-order valence-corrected chi connectivity index (χ4v) is 3.79. The Morgan fingerprint density at radius 3 is 2.27 bits per heavy atom. The van der Waals surface area contributed by atoms with Gasteiger partial charge in [0.1, 0.15) is 18.7 Å². The average molecular weight is 419 g/mol. The molecule has 1 aromatic rings. The van der Waals surface area contributed by atoms with Crippen LogP contribution in [0.15, 0.2) is 30.3 Å². The van der Waals surface area contributed by atoms with Gasteiger partial charge in [-0.15, -0.1) is 0 Å². The summed E-state index contributed by atoms with van der Waals surface area (Å²) in [6, 6.07) is 7.35. The van der Waals surface area contributed by atoms with E-state index in [1.54, 1.807) is 0 Å². The lowest BCUT2D eigenvalue weighted by atomic mass is 9.84. The van der Waals surface area contributed by atoms with Gasteiger partial charge in [0.05, 0.1) is 0 Å². The second-order valence-corrected chi connectivity index (χ2v) is 9.14. The van der Waals surface area contributed by atoms with E-state index in [0.717, 1.165) is 31.2 Å². The van der Waals surface area contributed by atoms with Gasteiger partial charge in [-0.25, -0.2) is 9.59 Å². The van der Waals surface area contributed by atoms with Crippen molar-refractivity contribution in [3.05, 3.63) is 35.9 Å². The van der Waals surface area contributed by atoms with Gasteiger partial charge in [-0.3, -0.25) is 4.79 Å². The highest BCUT2D eigenvalue weighted by Gasteiger charge is 2.36. The van der Waals surface area contributed by atoms with Gasteiger partial charge in [0.2, 0.25) is 5.91 Å². The van der Waals surface area contributed by atoms with Crippen LogP contribution in [0.1, 0.15) is 64.9 Å². The van der Waals surface area contributed by atoms with Crippen molar-refractivity contribution in [3.8, 4) is 0 Å². The third-order valence-electron chi connectivity index (χ3n) is 5.51. The highest BCUT2D eigenvalue weighted by Crippen LogP contribution is 2.28. The standard InChI is InChI=1S/C23H34N2O5/c1-23(2,3)19(25-22(29)30-15-17-12-8-5-9-13-17)20(26)24-18(21(27)28)14-16-10-6-4-7-11-16/h5,8-9,12-13,16,18-19H,4,6-7,10-11,14-15H2,1-3H3,(H,24,26)(H,25,29)(H,27,28)/t18-,19+/m0/s1. The van der Waals surface area contributed by atoms with Gasteiger partial charge in [-0.1, -0.05) is 83.2 Å². The van der Waals surface area contributed by atoms with Gasteiger partial charge in [0, 0.05) is 0 Å². The van der Waals surface area contributed by atoms with E-state index in [2.05, 4.69) is 10.6 Å². The SMILES string of the molecule is CC(C)(C)[C@H](NC(=O)OCc1ccccc1)C(=O)N[C@@H](CC1CCCCC1)C(=O)O. The highest BCUT2D eigenvalue weighted by atomic mass is 16.5. The predicted molar refractivity (Wildman–Crippen MR) is 114 cm³/mol. The fraction of sp³-hybridized carbons (Fsp3) is 0.609. The normalized spacial score (nSPS) is 16.9. The maximum atomic E-state index is 12.9. The Kier molecular flexibility index (Phi) is 8.69. The number of carbonyl (C=O) groups is 3. The number of hydrogen-bond donors (Lipinski definition) is 3.